The summed E-state index contributed by atoms with van der Waals surface area (Å²) in [7, 11) is -3.84. The number of aliphatic carboxylic acids is 1. The highest BCUT2D eigenvalue weighted by Gasteiger charge is 2.57. The van der Waals surface area contributed by atoms with Crippen LogP contribution in [0.3, 0.4) is 0 Å². The first-order chi connectivity index (χ1) is 10.1. The minimum Gasteiger partial charge on any atom is -0.477 e. The van der Waals surface area contributed by atoms with Crippen LogP contribution in [0.5, 0.6) is 0 Å². The smallest absolute Gasteiger partial charge is 0.352 e. The summed E-state index contributed by atoms with van der Waals surface area (Å²) in [5, 5.41) is 7.92. The molecule has 0 unspecified atom stereocenters. The molecule has 0 bridgehead atoms. The number of halogens is 2. The van der Waals surface area contributed by atoms with Gasteiger partial charge in [0.15, 0.2) is 15.2 Å². The van der Waals surface area contributed by atoms with Crippen molar-refractivity contribution in [3.05, 3.63) is 20.2 Å². The molecule has 1 amide bonds. The zero-order chi connectivity index (χ0) is 16.8. The van der Waals surface area contributed by atoms with Gasteiger partial charge in [-0.15, -0.1) is 0 Å². The van der Waals surface area contributed by atoms with Gasteiger partial charge in [-0.1, -0.05) is 0 Å². The van der Waals surface area contributed by atoms with Crippen molar-refractivity contribution in [2.45, 2.75) is 12.3 Å². The first kappa shape index (κ1) is 17.2. The predicted octanol–water partition coefficient (Wildman–Crippen LogP) is 0.486. The highest BCUT2D eigenvalue weighted by molar-refractivity contribution is 9.28. The molecule has 1 N–H and O–H groups in total. The molecule has 0 saturated carbocycles. The van der Waals surface area contributed by atoms with Crippen molar-refractivity contribution < 1.29 is 32.6 Å². The molecule has 8 nitrogen and oxygen atoms in total. The number of amides is 1. The number of esters is 1. The van der Waals surface area contributed by atoms with E-state index in [1.165, 1.54) is 0 Å². The van der Waals surface area contributed by atoms with Crippen LogP contribution in [-0.4, -0.2) is 54.0 Å². The SMILES string of the molecule is CC(=O)OCC1=C(C(=O)O)N2C(=O)C(=C(Br)Br)[C@H]2S(=O)(=O)C1. The summed E-state index contributed by atoms with van der Waals surface area (Å²) < 4.78 is 29.4. The average molecular weight is 459 g/mol. The molecular weight excluding hydrogens is 450 g/mol. The molecule has 1 saturated heterocycles. The minimum absolute atomic E-state index is 0.0645. The second kappa shape index (κ2) is 5.78. The van der Waals surface area contributed by atoms with Crippen LogP contribution in [0.15, 0.2) is 20.2 Å². The molecule has 2 heterocycles. The maximum Gasteiger partial charge on any atom is 0.352 e. The van der Waals surface area contributed by atoms with Crippen molar-refractivity contribution >= 4 is 59.5 Å². The Kier molecular flexibility index (Phi) is 4.51. The second-order valence-electron chi connectivity index (χ2n) is 4.55. The molecule has 0 aliphatic carbocycles. The maximum atomic E-state index is 12.3. The van der Waals surface area contributed by atoms with Crippen molar-refractivity contribution in [2.75, 3.05) is 12.4 Å². The van der Waals surface area contributed by atoms with E-state index in [2.05, 4.69) is 36.6 Å². The van der Waals surface area contributed by atoms with Gasteiger partial charge in [0.2, 0.25) is 0 Å². The number of hydrogen-bond acceptors (Lipinski definition) is 6. The van der Waals surface area contributed by atoms with Gasteiger partial charge in [0.1, 0.15) is 12.3 Å². The number of β-lactam (4-membered cyclic amide) rings is 1. The van der Waals surface area contributed by atoms with E-state index in [0.29, 0.717) is 4.90 Å². The van der Waals surface area contributed by atoms with Crippen molar-refractivity contribution in [1.82, 2.24) is 4.90 Å². The molecule has 22 heavy (non-hydrogen) atoms. The molecular formula is C11H9Br2NO7S. The lowest BCUT2D eigenvalue weighted by Crippen LogP contribution is -2.62. The van der Waals surface area contributed by atoms with E-state index in [-0.39, 0.29) is 14.5 Å². The largest absolute Gasteiger partial charge is 0.477 e. The number of carboxylic acids is 1. The minimum atomic E-state index is -3.84. The van der Waals surface area contributed by atoms with Gasteiger partial charge in [0.25, 0.3) is 5.91 Å². The number of sulfone groups is 1. The van der Waals surface area contributed by atoms with Gasteiger partial charge in [-0.25, -0.2) is 13.2 Å². The molecule has 0 radical (unpaired) electrons. The van der Waals surface area contributed by atoms with Gasteiger partial charge in [-0.05, 0) is 31.9 Å². The van der Waals surface area contributed by atoms with Gasteiger partial charge in [0, 0.05) is 12.5 Å². The number of hydrogen-bond donors (Lipinski definition) is 1. The lowest BCUT2D eigenvalue weighted by Gasteiger charge is -2.45. The number of carboxylic acid groups (broad SMARTS) is 1. The van der Waals surface area contributed by atoms with Crippen LogP contribution in [0.2, 0.25) is 0 Å². The van der Waals surface area contributed by atoms with E-state index in [1.807, 2.05) is 0 Å². The van der Waals surface area contributed by atoms with Gasteiger partial charge < -0.3 is 9.84 Å². The van der Waals surface area contributed by atoms with E-state index in [1.54, 1.807) is 0 Å². The van der Waals surface area contributed by atoms with Crippen LogP contribution >= 0.6 is 31.9 Å². The number of carbonyl (C=O) groups is 3. The van der Waals surface area contributed by atoms with Gasteiger partial charge in [-0.3, -0.25) is 14.5 Å². The monoisotopic (exact) mass is 457 g/mol. The predicted molar refractivity (Wildman–Crippen MR) is 80.6 cm³/mol. The van der Waals surface area contributed by atoms with E-state index in [0.717, 1.165) is 6.92 Å². The highest BCUT2D eigenvalue weighted by atomic mass is 79.9. The molecule has 2 rings (SSSR count). The third-order valence-electron chi connectivity index (χ3n) is 3.08. The highest BCUT2D eigenvalue weighted by Crippen LogP contribution is 2.43. The van der Waals surface area contributed by atoms with E-state index >= 15 is 0 Å². The number of rotatable bonds is 3. The summed E-state index contributed by atoms with van der Waals surface area (Å²) in [5.41, 5.74) is -0.668. The van der Waals surface area contributed by atoms with Crippen LogP contribution in [0.1, 0.15) is 6.92 Å². The molecule has 1 atom stereocenters. The van der Waals surface area contributed by atoms with E-state index in [9.17, 15) is 27.9 Å². The fourth-order valence-electron chi connectivity index (χ4n) is 2.25. The van der Waals surface area contributed by atoms with Crippen LogP contribution in [0.4, 0.5) is 0 Å². The Hall–Kier alpha value is -1.20. The molecule has 2 aliphatic rings. The Balaban J connectivity index is 2.55. The van der Waals surface area contributed by atoms with Crippen molar-refractivity contribution in [3.63, 3.8) is 0 Å². The Bertz CT molecular complexity index is 748. The lowest BCUT2D eigenvalue weighted by atomic mass is 10.0. The molecule has 0 aromatic rings. The fourth-order valence-corrected chi connectivity index (χ4v) is 5.29. The summed E-state index contributed by atoms with van der Waals surface area (Å²) in [6.45, 7) is 0.611. The first-order valence-corrected chi connectivity index (χ1v) is 9.07. The number of ether oxygens (including phenoxy) is 1. The van der Waals surface area contributed by atoms with Crippen LogP contribution in [-0.2, 0) is 29.0 Å². The normalized spacial score (nSPS) is 22.9. The fraction of sp³-hybridized carbons (Fsp3) is 0.364. The molecule has 120 valence electrons. The van der Waals surface area contributed by atoms with Crippen molar-refractivity contribution in [1.29, 1.82) is 0 Å². The topological polar surface area (TPSA) is 118 Å². The van der Waals surface area contributed by atoms with Crippen LogP contribution in [0, 0.1) is 0 Å². The number of fused-ring (bicyclic) bond motifs is 1. The van der Waals surface area contributed by atoms with E-state index in [4.69, 9.17) is 0 Å². The third kappa shape index (κ3) is 2.72. The van der Waals surface area contributed by atoms with Gasteiger partial charge >= 0.3 is 11.9 Å². The number of nitrogens with zero attached hydrogens (tertiary/aromatic N) is 1. The standard InChI is InChI=1S/C11H9Br2NO7S/c1-4(15)21-2-5-3-22(19,20)10-6(8(12)13)9(16)14(10)7(5)11(17)18/h10H,2-3H2,1H3,(H,17,18)/t10-/m1/s1. The summed E-state index contributed by atoms with van der Waals surface area (Å²) in [5.74, 6) is -3.49. The second-order valence-corrected chi connectivity index (χ2v) is 9.26. The maximum absolute atomic E-state index is 12.3. The average Bonchev–Trinajstić information content (AvgIpc) is 2.35. The third-order valence-corrected chi connectivity index (χ3v) is 5.81. The Morgan fingerprint density at radius 3 is 2.45 bits per heavy atom. The molecule has 1 fully saturated rings. The molecule has 0 spiro atoms. The zero-order valence-corrected chi connectivity index (χ0v) is 15.0. The quantitative estimate of drug-likeness (QED) is 0.371. The van der Waals surface area contributed by atoms with E-state index < -0.39 is 51.1 Å². The number of carbonyl (C=O) groups excluding carboxylic acids is 2. The Morgan fingerprint density at radius 2 is 2.00 bits per heavy atom. The summed E-state index contributed by atoms with van der Waals surface area (Å²) >= 11 is 5.96. The molecule has 0 aromatic carbocycles. The Morgan fingerprint density at radius 1 is 1.41 bits per heavy atom. The van der Waals surface area contributed by atoms with Crippen LogP contribution < -0.4 is 0 Å². The summed E-state index contributed by atoms with van der Waals surface area (Å²) in [4.78, 5) is 35.0. The van der Waals surface area contributed by atoms with Crippen molar-refractivity contribution in [2.24, 2.45) is 0 Å². The molecule has 11 heteroatoms. The van der Waals surface area contributed by atoms with Gasteiger partial charge in [-0.2, -0.15) is 0 Å². The van der Waals surface area contributed by atoms with Gasteiger partial charge in [0.05, 0.1) is 14.7 Å². The lowest BCUT2D eigenvalue weighted by molar-refractivity contribution is -0.143. The zero-order valence-electron chi connectivity index (χ0n) is 11.0. The Labute approximate surface area is 142 Å². The van der Waals surface area contributed by atoms with Crippen molar-refractivity contribution in [3.8, 4) is 0 Å². The molecule has 0 aromatic heterocycles. The van der Waals surface area contributed by atoms with Crippen LogP contribution in [0.25, 0.3) is 0 Å². The molecule has 2 aliphatic heterocycles. The summed E-state index contributed by atoms with van der Waals surface area (Å²) in [6, 6.07) is 0. The summed E-state index contributed by atoms with van der Waals surface area (Å²) in [6.07, 6.45) is 0. The first-order valence-electron chi connectivity index (χ1n) is 5.77.